The minimum atomic E-state index is -2.56. The molecule has 3 N–H and O–H groups in total. The number of ether oxygens (including phenoxy) is 1. The maximum atomic E-state index is 12.8. The number of piperidine rings is 1. The van der Waals surface area contributed by atoms with E-state index in [4.69, 9.17) is 21.4 Å². The molecule has 2 fully saturated rings. The molecule has 14 heteroatoms. The highest BCUT2D eigenvalue weighted by molar-refractivity contribution is 7.70. The number of nitrogens with zero attached hydrogens (tertiary/aromatic N) is 6. The zero-order chi connectivity index (χ0) is 32.8. The zero-order valence-corrected chi connectivity index (χ0v) is 28.0. The summed E-state index contributed by atoms with van der Waals surface area (Å²) in [6.45, 7) is 9.53. The molecule has 0 radical (unpaired) electrons. The van der Waals surface area contributed by atoms with Crippen molar-refractivity contribution in [1.82, 2.24) is 19.8 Å². The van der Waals surface area contributed by atoms with Gasteiger partial charge in [-0.2, -0.15) is 10.2 Å². The molecule has 5 rings (SSSR count). The van der Waals surface area contributed by atoms with Crippen LogP contribution in [0, 0.1) is 17.2 Å². The molecule has 0 aliphatic carbocycles. The van der Waals surface area contributed by atoms with Crippen LogP contribution >= 0.6 is 18.7 Å². The van der Waals surface area contributed by atoms with E-state index in [2.05, 4.69) is 36.5 Å². The van der Waals surface area contributed by atoms with Crippen molar-refractivity contribution in [1.29, 1.82) is 5.26 Å². The second kappa shape index (κ2) is 14.7. The van der Waals surface area contributed by atoms with Gasteiger partial charge >= 0.3 is 5.97 Å². The Labute approximate surface area is 274 Å². The predicted octanol–water partition coefficient (Wildman–Crippen LogP) is 4.66. The van der Waals surface area contributed by atoms with Crippen LogP contribution in [0.2, 0.25) is 5.02 Å². The van der Waals surface area contributed by atoms with Crippen molar-refractivity contribution in [3.05, 3.63) is 53.2 Å². The Bertz CT molecular complexity index is 1650. The first-order chi connectivity index (χ1) is 22.0. The molecular formula is C32H40ClN8O4P. The number of nitriles is 1. The molecule has 3 aromatic rings. The van der Waals surface area contributed by atoms with Crippen LogP contribution in [0.5, 0.6) is 5.75 Å². The molecule has 12 nitrogen and oxygen atoms in total. The third kappa shape index (κ3) is 8.28. The van der Waals surface area contributed by atoms with E-state index < -0.39 is 13.1 Å². The van der Waals surface area contributed by atoms with Gasteiger partial charge in [-0.25, -0.2) is 4.98 Å². The van der Waals surface area contributed by atoms with E-state index in [1.54, 1.807) is 26.5 Å². The summed E-state index contributed by atoms with van der Waals surface area (Å²) in [7, 11) is -0.982. The van der Waals surface area contributed by atoms with Gasteiger partial charge in [-0.05, 0) is 50.3 Å². The highest BCUT2D eigenvalue weighted by atomic mass is 35.5. The largest absolute Gasteiger partial charge is 0.494 e. The molecule has 2 aliphatic heterocycles. The molecule has 0 atom stereocenters. The lowest BCUT2D eigenvalue weighted by Gasteiger charge is -2.39. The summed E-state index contributed by atoms with van der Waals surface area (Å²) in [5, 5.41) is 26.5. The van der Waals surface area contributed by atoms with Gasteiger partial charge in [0.05, 0.1) is 42.5 Å². The Morgan fingerprint density at radius 2 is 1.78 bits per heavy atom. The minimum absolute atomic E-state index is 0.105. The van der Waals surface area contributed by atoms with E-state index in [-0.39, 0.29) is 12.5 Å². The Hall–Kier alpha value is -3.88. The quantitative estimate of drug-likeness (QED) is 0.245. The van der Waals surface area contributed by atoms with Gasteiger partial charge in [0.25, 0.3) is 0 Å². The molecular weight excluding hydrogens is 627 g/mol. The van der Waals surface area contributed by atoms with Crippen molar-refractivity contribution in [2.45, 2.75) is 12.8 Å². The van der Waals surface area contributed by atoms with Crippen LogP contribution < -0.4 is 25.6 Å². The predicted molar refractivity (Wildman–Crippen MR) is 182 cm³/mol. The standard InChI is InChI=1S/C32H40ClN8O4P/c1-45-28-17-27(41-10-8-22(9-11-41)20-39-12-14-40(15-13-39)21-30(42)43)23(18-34)16-26(28)37-32-35-19-24(33)31(38-32)36-25-6-4-5-7-29(25)46(2,3)44/h4-7,16-17,19,22H,8-15,20-21H2,1-3H3,(H,42,43)(H2,35,36,37,38). The number of piperazine rings is 1. The maximum Gasteiger partial charge on any atom is 0.317 e. The lowest BCUT2D eigenvalue weighted by atomic mass is 9.95. The SMILES string of the molecule is COc1cc(N2CCC(CN3CCN(CC(=O)O)CC3)CC2)c(C#N)cc1Nc1ncc(Cl)c(Nc2ccccc2P(C)(C)=O)n1. The van der Waals surface area contributed by atoms with Crippen LogP contribution in [0.3, 0.4) is 0 Å². The molecule has 0 bridgehead atoms. The fourth-order valence-corrected chi connectivity index (χ4v) is 7.34. The van der Waals surface area contributed by atoms with Crippen LogP contribution in [-0.2, 0) is 9.36 Å². The molecule has 46 heavy (non-hydrogen) atoms. The van der Waals surface area contributed by atoms with Crippen LogP contribution in [0.25, 0.3) is 0 Å². The molecule has 2 aromatic carbocycles. The molecule has 1 aromatic heterocycles. The first-order valence-electron chi connectivity index (χ1n) is 15.3. The monoisotopic (exact) mass is 666 g/mol. The normalized spacial score (nSPS) is 16.5. The number of hydrogen-bond acceptors (Lipinski definition) is 11. The van der Waals surface area contributed by atoms with Crippen LogP contribution in [0.15, 0.2) is 42.6 Å². The van der Waals surface area contributed by atoms with E-state index in [0.29, 0.717) is 44.8 Å². The summed E-state index contributed by atoms with van der Waals surface area (Å²) in [4.78, 5) is 26.6. The first kappa shape index (κ1) is 33.5. The third-order valence-electron chi connectivity index (χ3n) is 8.46. The van der Waals surface area contributed by atoms with Crippen LogP contribution in [-0.4, -0.2) is 104 Å². The number of rotatable bonds is 11. The molecule has 0 saturated carbocycles. The number of carboxylic acids is 1. The van der Waals surface area contributed by atoms with Gasteiger partial charge in [0.2, 0.25) is 5.95 Å². The number of hydrogen-bond donors (Lipinski definition) is 3. The number of benzene rings is 2. The topological polar surface area (TPSA) is 147 Å². The van der Waals surface area contributed by atoms with Crippen LogP contribution in [0.4, 0.5) is 28.8 Å². The second-order valence-corrected chi connectivity index (χ2v) is 15.7. The first-order valence-corrected chi connectivity index (χ1v) is 18.3. The number of anilines is 5. The second-order valence-electron chi connectivity index (χ2n) is 12.1. The van der Waals surface area contributed by atoms with Crippen molar-refractivity contribution in [2.75, 3.05) is 88.3 Å². The molecule has 0 spiro atoms. The van der Waals surface area contributed by atoms with Gasteiger partial charge in [-0.3, -0.25) is 9.69 Å². The van der Waals surface area contributed by atoms with Gasteiger partial charge in [-0.1, -0.05) is 23.7 Å². The van der Waals surface area contributed by atoms with Gasteiger partial charge < -0.3 is 34.8 Å². The zero-order valence-electron chi connectivity index (χ0n) is 26.4. The molecule has 244 valence electrons. The number of methoxy groups -OCH3 is 1. The number of nitrogens with one attached hydrogen (secondary N) is 2. The Balaban J connectivity index is 1.26. The van der Waals surface area contributed by atoms with E-state index >= 15 is 0 Å². The lowest BCUT2D eigenvalue weighted by Crippen LogP contribution is -2.49. The summed E-state index contributed by atoms with van der Waals surface area (Å²) >= 11 is 6.43. The summed E-state index contributed by atoms with van der Waals surface area (Å²) in [5.74, 6) is 0.921. The number of aromatic nitrogens is 2. The molecule has 2 aliphatic rings. The fourth-order valence-electron chi connectivity index (χ4n) is 6.04. The van der Waals surface area contributed by atoms with Gasteiger partial charge in [0.15, 0.2) is 5.82 Å². The maximum absolute atomic E-state index is 12.8. The van der Waals surface area contributed by atoms with E-state index in [0.717, 1.165) is 64.3 Å². The van der Waals surface area contributed by atoms with Crippen molar-refractivity contribution >= 4 is 58.8 Å². The average molecular weight is 667 g/mol. The molecule has 3 heterocycles. The summed E-state index contributed by atoms with van der Waals surface area (Å²) in [5.41, 5.74) is 2.53. The highest BCUT2D eigenvalue weighted by Crippen LogP contribution is 2.39. The van der Waals surface area contributed by atoms with Gasteiger partial charge in [-0.15, -0.1) is 0 Å². The van der Waals surface area contributed by atoms with Crippen LogP contribution in [0.1, 0.15) is 18.4 Å². The lowest BCUT2D eigenvalue weighted by molar-refractivity contribution is -0.138. The van der Waals surface area contributed by atoms with E-state index in [1.807, 2.05) is 35.2 Å². The Kier molecular flexibility index (Phi) is 10.7. The number of aliphatic carboxylic acids is 1. The smallest absolute Gasteiger partial charge is 0.317 e. The summed E-state index contributed by atoms with van der Waals surface area (Å²) in [6.07, 6.45) is 3.49. The summed E-state index contributed by atoms with van der Waals surface area (Å²) < 4.78 is 18.6. The minimum Gasteiger partial charge on any atom is -0.494 e. The fraction of sp³-hybridized carbons (Fsp3) is 0.438. The molecule has 0 unspecified atom stereocenters. The Morgan fingerprint density at radius 1 is 1.09 bits per heavy atom. The van der Waals surface area contributed by atoms with E-state index in [9.17, 15) is 14.6 Å². The summed E-state index contributed by atoms with van der Waals surface area (Å²) in [6, 6.07) is 13.3. The molecule has 0 amide bonds. The average Bonchev–Trinajstić information content (AvgIpc) is 3.03. The number of carbonyl (C=O) groups is 1. The van der Waals surface area contributed by atoms with E-state index in [1.165, 1.54) is 6.20 Å². The molecule has 2 saturated heterocycles. The highest BCUT2D eigenvalue weighted by Gasteiger charge is 2.26. The van der Waals surface area contributed by atoms with Gasteiger partial charge in [0, 0.05) is 57.2 Å². The van der Waals surface area contributed by atoms with Gasteiger partial charge in [0.1, 0.15) is 24.0 Å². The van der Waals surface area contributed by atoms with Crippen molar-refractivity contribution in [2.24, 2.45) is 5.92 Å². The number of halogens is 1. The van der Waals surface area contributed by atoms with Crippen molar-refractivity contribution in [3.8, 4) is 11.8 Å². The van der Waals surface area contributed by atoms with Crippen molar-refractivity contribution < 1.29 is 19.2 Å². The number of carboxylic acid groups (broad SMARTS) is 1. The Morgan fingerprint density at radius 3 is 2.43 bits per heavy atom. The number of para-hydroxylation sites is 1. The van der Waals surface area contributed by atoms with Crippen molar-refractivity contribution in [3.63, 3.8) is 0 Å². The third-order valence-corrected chi connectivity index (χ3v) is 10.3.